The van der Waals surface area contributed by atoms with Crippen molar-refractivity contribution < 1.29 is 13.3 Å². The molecule has 0 radical (unpaired) electrons. The van der Waals surface area contributed by atoms with Gasteiger partial charge in [0, 0.05) is 50.9 Å². The van der Waals surface area contributed by atoms with E-state index in [-0.39, 0.29) is 10.6 Å². The number of anilines is 2. The third-order valence-electron chi connectivity index (χ3n) is 5.98. The summed E-state index contributed by atoms with van der Waals surface area (Å²) in [7, 11) is -3.70. The van der Waals surface area contributed by atoms with Crippen LogP contribution in [0.15, 0.2) is 41.3 Å². The summed E-state index contributed by atoms with van der Waals surface area (Å²) >= 11 is 0. The van der Waals surface area contributed by atoms with Crippen LogP contribution in [-0.4, -0.2) is 66.6 Å². The van der Waals surface area contributed by atoms with Gasteiger partial charge in [-0.1, -0.05) is 0 Å². The van der Waals surface area contributed by atoms with E-state index in [9.17, 15) is 18.5 Å². The Bertz CT molecular complexity index is 1020. The molecule has 10 nitrogen and oxygen atoms in total. The van der Waals surface area contributed by atoms with Gasteiger partial charge in [0.15, 0.2) is 11.6 Å². The van der Waals surface area contributed by atoms with Gasteiger partial charge in [0.2, 0.25) is 10.0 Å². The molecule has 4 rings (SSSR count). The topological polar surface area (TPSA) is 113 Å². The second kappa shape index (κ2) is 8.75. The lowest BCUT2D eigenvalue weighted by Gasteiger charge is -2.35. The minimum Gasteiger partial charge on any atom is -0.352 e. The standard InChI is InChI=1S/C20H26N6O4S/c1-16-4-2-3-11-25(16)20-10-9-19(21-22-20)23-12-14-24(15-13-23)31(29,30)18-7-5-17(6-8-18)26(27)28/h5-10,16H,2-4,11-15H2,1H3. The average molecular weight is 447 g/mol. The van der Waals surface area contributed by atoms with Gasteiger partial charge < -0.3 is 9.80 Å². The van der Waals surface area contributed by atoms with Crippen LogP contribution in [0.5, 0.6) is 0 Å². The summed E-state index contributed by atoms with van der Waals surface area (Å²) in [4.78, 5) is 14.6. The third-order valence-corrected chi connectivity index (χ3v) is 7.89. The Hall–Kier alpha value is -2.79. The second-order valence-corrected chi connectivity index (χ2v) is 9.87. The first-order valence-electron chi connectivity index (χ1n) is 10.5. The Balaban J connectivity index is 1.39. The van der Waals surface area contributed by atoms with Crippen molar-refractivity contribution >= 4 is 27.3 Å². The zero-order chi connectivity index (χ0) is 22.0. The van der Waals surface area contributed by atoms with E-state index in [1.165, 1.54) is 41.4 Å². The first-order valence-corrected chi connectivity index (χ1v) is 11.9. The fraction of sp³-hybridized carbons (Fsp3) is 0.500. The number of piperazine rings is 1. The van der Waals surface area contributed by atoms with E-state index >= 15 is 0 Å². The Kier molecular flexibility index (Phi) is 6.05. The van der Waals surface area contributed by atoms with Crippen molar-refractivity contribution in [2.24, 2.45) is 0 Å². The molecule has 2 aliphatic heterocycles. The normalized spacial score (nSPS) is 20.6. The summed E-state index contributed by atoms with van der Waals surface area (Å²) in [5.74, 6) is 1.62. The number of nitrogens with zero attached hydrogens (tertiary/aromatic N) is 6. The smallest absolute Gasteiger partial charge is 0.269 e. The van der Waals surface area contributed by atoms with Crippen LogP contribution in [0.25, 0.3) is 0 Å². The van der Waals surface area contributed by atoms with Crippen molar-refractivity contribution in [2.45, 2.75) is 37.1 Å². The minimum absolute atomic E-state index is 0.0614. The number of hydrogen-bond acceptors (Lipinski definition) is 8. The van der Waals surface area contributed by atoms with Crippen LogP contribution in [0.2, 0.25) is 0 Å². The van der Waals surface area contributed by atoms with Gasteiger partial charge in [-0.2, -0.15) is 4.31 Å². The van der Waals surface area contributed by atoms with Crippen LogP contribution < -0.4 is 9.80 Å². The molecular formula is C20H26N6O4S. The third kappa shape index (κ3) is 4.47. The molecule has 2 aliphatic rings. The van der Waals surface area contributed by atoms with E-state index in [2.05, 4.69) is 22.0 Å². The lowest BCUT2D eigenvalue weighted by atomic mass is 10.0. The molecule has 1 aromatic heterocycles. The van der Waals surface area contributed by atoms with Crippen LogP contribution in [0, 0.1) is 10.1 Å². The van der Waals surface area contributed by atoms with E-state index in [1.807, 2.05) is 17.0 Å². The van der Waals surface area contributed by atoms with Crippen LogP contribution in [0.4, 0.5) is 17.3 Å². The lowest BCUT2D eigenvalue weighted by molar-refractivity contribution is -0.384. The van der Waals surface area contributed by atoms with Gasteiger partial charge in [-0.15, -0.1) is 10.2 Å². The quantitative estimate of drug-likeness (QED) is 0.508. The maximum atomic E-state index is 12.9. The molecule has 2 aromatic rings. The van der Waals surface area contributed by atoms with Gasteiger partial charge in [-0.05, 0) is 50.5 Å². The summed E-state index contributed by atoms with van der Waals surface area (Å²) in [6.07, 6.45) is 3.57. The number of nitro groups is 1. The molecule has 0 amide bonds. The highest BCUT2D eigenvalue weighted by Gasteiger charge is 2.29. The van der Waals surface area contributed by atoms with Crippen molar-refractivity contribution in [3.8, 4) is 0 Å². The van der Waals surface area contributed by atoms with Gasteiger partial charge in [0.05, 0.1) is 9.82 Å². The maximum absolute atomic E-state index is 12.9. The van der Waals surface area contributed by atoms with Crippen LogP contribution in [-0.2, 0) is 10.0 Å². The van der Waals surface area contributed by atoms with Crippen molar-refractivity contribution in [3.63, 3.8) is 0 Å². The molecule has 2 fully saturated rings. The average Bonchev–Trinajstić information content (AvgIpc) is 2.80. The molecule has 3 heterocycles. The predicted molar refractivity (Wildman–Crippen MR) is 117 cm³/mol. The SMILES string of the molecule is CC1CCCCN1c1ccc(N2CCN(S(=O)(=O)c3ccc([N+](=O)[O-])cc3)CC2)nn1. The number of non-ortho nitro benzene ring substituents is 1. The highest BCUT2D eigenvalue weighted by Crippen LogP contribution is 2.25. The number of benzene rings is 1. The zero-order valence-electron chi connectivity index (χ0n) is 17.4. The second-order valence-electron chi connectivity index (χ2n) is 7.93. The van der Waals surface area contributed by atoms with Gasteiger partial charge in [0.25, 0.3) is 5.69 Å². The molecular weight excluding hydrogens is 420 g/mol. The van der Waals surface area contributed by atoms with E-state index in [0.29, 0.717) is 32.2 Å². The molecule has 0 spiro atoms. The summed E-state index contributed by atoms with van der Waals surface area (Å²) in [6.45, 7) is 4.83. The highest BCUT2D eigenvalue weighted by atomic mass is 32.2. The fourth-order valence-corrected chi connectivity index (χ4v) is 5.55. The summed E-state index contributed by atoms with van der Waals surface area (Å²) in [6, 6.07) is 9.39. The molecule has 1 aromatic carbocycles. The summed E-state index contributed by atoms with van der Waals surface area (Å²) in [5, 5.41) is 19.6. The number of nitro benzene ring substituents is 1. The first kappa shape index (κ1) is 21.4. The zero-order valence-corrected chi connectivity index (χ0v) is 18.2. The molecule has 0 N–H and O–H groups in total. The fourth-order valence-electron chi connectivity index (χ4n) is 4.12. The monoisotopic (exact) mass is 446 g/mol. The number of piperidine rings is 1. The highest BCUT2D eigenvalue weighted by molar-refractivity contribution is 7.89. The Morgan fingerprint density at radius 2 is 1.58 bits per heavy atom. The van der Waals surface area contributed by atoms with Crippen molar-refractivity contribution in [2.75, 3.05) is 42.5 Å². The minimum atomic E-state index is -3.70. The van der Waals surface area contributed by atoms with E-state index in [0.717, 1.165) is 24.6 Å². The molecule has 2 saturated heterocycles. The van der Waals surface area contributed by atoms with E-state index < -0.39 is 14.9 Å². The van der Waals surface area contributed by atoms with E-state index in [4.69, 9.17) is 0 Å². The number of sulfonamides is 1. The van der Waals surface area contributed by atoms with Crippen molar-refractivity contribution in [3.05, 3.63) is 46.5 Å². The molecule has 0 saturated carbocycles. The Morgan fingerprint density at radius 3 is 2.16 bits per heavy atom. The van der Waals surface area contributed by atoms with E-state index in [1.54, 1.807) is 0 Å². The maximum Gasteiger partial charge on any atom is 0.269 e. The molecule has 11 heteroatoms. The largest absolute Gasteiger partial charge is 0.352 e. The predicted octanol–water partition coefficient (Wildman–Crippen LogP) is 2.27. The van der Waals surface area contributed by atoms with Crippen molar-refractivity contribution in [1.82, 2.24) is 14.5 Å². The summed E-state index contributed by atoms with van der Waals surface area (Å²) < 4.78 is 27.1. The molecule has 1 atom stereocenters. The number of hydrogen-bond donors (Lipinski definition) is 0. The van der Waals surface area contributed by atoms with Gasteiger partial charge in [-0.3, -0.25) is 10.1 Å². The molecule has 0 bridgehead atoms. The molecule has 166 valence electrons. The first-order chi connectivity index (χ1) is 14.9. The molecule has 31 heavy (non-hydrogen) atoms. The molecule has 0 aliphatic carbocycles. The van der Waals surface area contributed by atoms with Crippen molar-refractivity contribution in [1.29, 1.82) is 0 Å². The summed E-state index contributed by atoms with van der Waals surface area (Å²) in [5.41, 5.74) is -0.135. The van der Waals surface area contributed by atoms with Crippen LogP contribution >= 0.6 is 0 Å². The number of aromatic nitrogens is 2. The Morgan fingerprint density at radius 1 is 0.935 bits per heavy atom. The van der Waals surface area contributed by atoms with Crippen LogP contribution in [0.1, 0.15) is 26.2 Å². The van der Waals surface area contributed by atoms with Gasteiger partial charge in [-0.25, -0.2) is 8.42 Å². The number of rotatable bonds is 5. The molecule has 1 unspecified atom stereocenters. The van der Waals surface area contributed by atoms with Crippen LogP contribution in [0.3, 0.4) is 0 Å². The van der Waals surface area contributed by atoms with Gasteiger partial charge >= 0.3 is 0 Å². The van der Waals surface area contributed by atoms with Gasteiger partial charge in [0.1, 0.15) is 0 Å². The Labute approximate surface area is 181 Å². The lowest BCUT2D eigenvalue weighted by Crippen LogP contribution is -2.49.